The lowest BCUT2D eigenvalue weighted by atomic mass is 9.87. The van der Waals surface area contributed by atoms with Crippen LogP contribution in [0.1, 0.15) is 46.0 Å². The molecule has 7 heteroatoms. The van der Waals surface area contributed by atoms with Gasteiger partial charge in [-0.25, -0.2) is 4.79 Å². The van der Waals surface area contributed by atoms with Gasteiger partial charge in [-0.2, -0.15) is 0 Å². The van der Waals surface area contributed by atoms with Crippen LogP contribution in [0.25, 0.3) is 0 Å². The van der Waals surface area contributed by atoms with Crippen LogP contribution in [0.3, 0.4) is 0 Å². The SMILES string of the molecule is CC1CCCC(NC(=O)NC2NC(C)CC(NCCN)N2)C1. The molecule has 2 rings (SSSR count). The Morgan fingerprint density at radius 1 is 1.18 bits per heavy atom. The summed E-state index contributed by atoms with van der Waals surface area (Å²) in [5.74, 6) is 0.704. The molecule has 2 amide bonds. The highest BCUT2D eigenvalue weighted by Gasteiger charge is 2.26. The molecule has 0 aromatic carbocycles. The van der Waals surface area contributed by atoms with Crippen LogP contribution in [0.4, 0.5) is 4.79 Å². The Labute approximate surface area is 133 Å². The highest BCUT2D eigenvalue weighted by Crippen LogP contribution is 2.23. The van der Waals surface area contributed by atoms with Crippen LogP contribution in [0.5, 0.6) is 0 Å². The third kappa shape index (κ3) is 5.72. The predicted octanol–water partition coefficient (Wildman–Crippen LogP) is -0.00630. The number of amides is 2. The molecule has 1 saturated carbocycles. The van der Waals surface area contributed by atoms with Crippen LogP contribution in [0.15, 0.2) is 0 Å². The van der Waals surface area contributed by atoms with Crippen molar-refractivity contribution in [3.63, 3.8) is 0 Å². The second-order valence-corrected chi connectivity index (χ2v) is 6.78. The van der Waals surface area contributed by atoms with E-state index in [4.69, 9.17) is 5.73 Å². The summed E-state index contributed by atoms with van der Waals surface area (Å²) in [6.45, 7) is 5.75. The van der Waals surface area contributed by atoms with E-state index in [0.29, 0.717) is 24.5 Å². The molecule has 7 nitrogen and oxygen atoms in total. The summed E-state index contributed by atoms with van der Waals surface area (Å²) in [4.78, 5) is 12.2. The molecule has 1 heterocycles. The summed E-state index contributed by atoms with van der Waals surface area (Å²) < 4.78 is 0. The van der Waals surface area contributed by atoms with Gasteiger partial charge in [0.1, 0.15) is 6.29 Å². The first-order valence-electron chi connectivity index (χ1n) is 8.59. The van der Waals surface area contributed by atoms with Crippen LogP contribution in [0.2, 0.25) is 0 Å². The molecule has 7 N–H and O–H groups in total. The monoisotopic (exact) mass is 312 g/mol. The van der Waals surface area contributed by atoms with E-state index in [-0.39, 0.29) is 18.5 Å². The third-order valence-corrected chi connectivity index (χ3v) is 4.49. The van der Waals surface area contributed by atoms with E-state index in [1.165, 1.54) is 12.8 Å². The largest absolute Gasteiger partial charge is 0.335 e. The van der Waals surface area contributed by atoms with E-state index < -0.39 is 0 Å². The number of hydrogen-bond donors (Lipinski definition) is 6. The van der Waals surface area contributed by atoms with E-state index in [1.54, 1.807) is 0 Å². The van der Waals surface area contributed by atoms with Gasteiger partial charge < -0.3 is 21.7 Å². The fraction of sp³-hybridized carbons (Fsp3) is 0.933. The van der Waals surface area contributed by atoms with Gasteiger partial charge in [0.05, 0.1) is 6.17 Å². The first-order chi connectivity index (χ1) is 10.6. The minimum absolute atomic E-state index is 0.101. The molecule has 128 valence electrons. The minimum atomic E-state index is -0.222. The number of urea groups is 1. The van der Waals surface area contributed by atoms with Crippen molar-refractivity contribution < 1.29 is 4.79 Å². The molecule has 2 aliphatic rings. The molecule has 5 atom stereocenters. The van der Waals surface area contributed by atoms with Crippen molar-refractivity contribution in [3.8, 4) is 0 Å². The number of carbonyl (C=O) groups is 1. The number of nitrogens with two attached hydrogens (primary N) is 1. The zero-order valence-corrected chi connectivity index (χ0v) is 13.8. The van der Waals surface area contributed by atoms with Gasteiger partial charge >= 0.3 is 6.03 Å². The summed E-state index contributed by atoms with van der Waals surface area (Å²) in [7, 11) is 0. The molecule has 0 bridgehead atoms. The lowest BCUT2D eigenvalue weighted by Crippen LogP contribution is -2.68. The lowest BCUT2D eigenvalue weighted by molar-refractivity contribution is 0.184. The summed E-state index contributed by atoms with van der Waals surface area (Å²) in [5.41, 5.74) is 5.53. The highest BCUT2D eigenvalue weighted by atomic mass is 16.2. The van der Waals surface area contributed by atoms with E-state index in [2.05, 4.69) is 40.4 Å². The van der Waals surface area contributed by atoms with Gasteiger partial charge in [0.25, 0.3) is 0 Å². The molecule has 1 saturated heterocycles. The highest BCUT2D eigenvalue weighted by molar-refractivity contribution is 5.74. The van der Waals surface area contributed by atoms with Crippen LogP contribution < -0.4 is 32.3 Å². The van der Waals surface area contributed by atoms with Crippen molar-refractivity contribution in [1.29, 1.82) is 0 Å². The summed E-state index contributed by atoms with van der Waals surface area (Å²) in [6.07, 6.45) is 5.54. The second-order valence-electron chi connectivity index (χ2n) is 6.78. The van der Waals surface area contributed by atoms with Gasteiger partial charge in [0.15, 0.2) is 0 Å². The molecule has 5 unspecified atom stereocenters. The Bertz CT molecular complexity index is 353. The first kappa shape index (κ1) is 17.5. The topological polar surface area (TPSA) is 103 Å². The van der Waals surface area contributed by atoms with Gasteiger partial charge in [0.2, 0.25) is 0 Å². The van der Waals surface area contributed by atoms with Crippen LogP contribution >= 0.6 is 0 Å². The minimum Gasteiger partial charge on any atom is -0.335 e. The van der Waals surface area contributed by atoms with Crippen molar-refractivity contribution in [3.05, 3.63) is 0 Å². The van der Waals surface area contributed by atoms with Gasteiger partial charge in [-0.3, -0.25) is 10.6 Å². The number of carbonyl (C=O) groups excluding carboxylic acids is 1. The fourth-order valence-electron chi connectivity index (χ4n) is 3.43. The molecule has 1 aliphatic carbocycles. The van der Waals surface area contributed by atoms with Crippen molar-refractivity contribution in [1.82, 2.24) is 26.6 Å². The van der Waals surface area contributed by atoms with Crippen molar-refractivity contribution in [2.75, 3.05) is 13.1 Å². The van der Waals surface area contributed by atoms with Crippen molar-refractivity contribution in [2.24, 2.45) is 11.7 Å². The summed E-state index contributed by atoms with van der Waals surface area (Å²) in [6, 6.07) is 0.531. The van der Waals surface area contributed by atoms with Crippen LogP contribution in [-0.2, 0) is 0 Å². The van der Waals surface area contributed by atoms with Crippen molar-refractivity contribution >= 4 is 6.03 Å². The molecular formula is C15H32N6O. The smallest absolute Gasteiger partial charge is 0.317 e. The molecule has 1 aliphatic heterocycles. The Morgan fingerprint density at radius 3 is 2.73 bits per heavy atom. The molecule has 0 radical (unpaired) electrons. The van der Waals surface area contributed by atoms with Crippen LogP contribution in [0, 0.1) is 5.92 Å². The second kappa shape index (κ2) is 8.67. The fourth-order valence-corrected chi connectivity index (χ4v) is 3.43. The van der Waals surface area contributed by atoms with E-state index in [0.717, 1.165) is 25.8 Å². The maximum atomic E-state index is 12.2. The number of hydrogen-bond acceptors (Lipinski definition) is 5. The molecule has 22 heavy (non-hydrogen) atoms. The Balaban J connectivity index is 1.74. The van der Waals surface area contributed by atoms with E-state index in [1.807, 2.05) is 0 Å². The molecule has 2 fully saturated rings. The molecular weight excluding hydrogens is 280 g/mol. The molecule has 0 aromatic heterocycles. The average Bonchev–Trinajstić information content (AvgIpc) is 2.44. The maximum Gasteiger partial charge on any atom is 0.317 e. The van der Waals surface area contributed by atoms with E-state index >= 15 is 0 Å². The Hall–Kier alpha value is -0.890. The van der Waals surface area contributed by atoms with Crippen molar-refractivity contribution in [2.45, 2.75) is 70.5 Å². The third-order valence-electron chi connectivity index (χ3n) is 4.49. The maximum absolute atomic E-state index is 12.2. The quantitative estimate of drug-likeness (QED) is 0.429. The standard InChI is InChI=1S/C15H32N6O/c1-10-4-3-5-12(8-10)19-15(22)21-14-18-11(2)9-13(20-14)17-7-6-16/h10-14,17-18,20H,3-9,16H2,1-2H3,(H2,19,21,22). The molecule has 0 aromatic rings. The summed E-state index contributed by atoms with van der Waals surface area (Å²) >= 11 is 0. The average molecular weight is 312 g/mol. The predicted molar refractivity (Wildman–Crippen MR) is 88.1 cm³/mol. The first-order valence-corrected chi connectivity index (χ1v) is 8.59. The zero-order chi connectivity index (χ0) is 15.9. The normalized spacial score (nSPS) is 35.9. The number of nitrogens with one attached hydrogen (secondary N) is 5. The van der Waals surface area contributed by atoms with Gasteiger partial charge in [-0.15, -0.1) is 0 Å². The van der Waals surface area contributed by atoms with E-state index in [9.17, 15) is 4.79 Å². The van der Waals surface area contributed by atoms with Crippen LogP contribution in [-0.4, -0.2) is 43.7 Å². The van der Waals surface area contributed by atoms with Gasteiger partial charge in [0, 0.05) is 25.2 Å². The van der Waals surface area contributed by atoms with Gasteiger partial charge in [-0.1, -0.05) is 19.8 Å². The Morgan fingerprint density at radius 2 is 2.00 bits per heavy atom. The zero-order valence-electron chi connectivity index (χ0n) is 13.8. The Kier molecular flexibility index (Phi) is 6.88. The summed E-state index contributed by atoms with van der Waals surface area (Å²) in [5, 5.41) is 16.1. The lowest BCUT2D eigenvalue weighted by Gasteiger charge is -2.37. The van der Waals surface area contributed by atoms with Gasteiger partial charge in [-0.05, 0) is 32.1 Å². The number of rotatable bonds is 5. The molecule has 0 spiro atoms.